The summed E-state index contributed by atoms with van der Waals surface area (Å²) in [5, 5.41) is 0. The highest BCUT2D eigenvalue weighted by atomic mass is 14.5. The second-order valence-corrected chi connectivity index (χ2v) is 7.12. The summed E-state index contributed by atoms with van der Waals surface area (Å²) in [6.45, 7) is 9.28. The highest BCUT2D eigenvalue weighted by Gasteiger charge is 2.49. The molecule has 3 rings (SSSR count). The summed E-state index contributed by atoms with van der Waals surface area (Å²) in [6.07, 6.45) is 11.1. The van der Waals surface area contributed by atoms with E-state index in [0.29, 0.717) is 0 Å². The Bertz CT molecular complexity index is 242. The summed E-state index contributed by atoms with van der Waals surface area (Å²) >= 11 is 0. The van der Waals surface area contributed by atoms with Crippen LogP contribution >= 0.6 is 0 Å². The van der Waals surface area contributed by atoms with Gasteiger partial charge in [-0.25, -0.2) is 0 Å². The van der Waals surface area contributed by atoms with E-state index >= 15 is 0 Å². The first kappa shape index (κ1) is 12.2. The SMILES string of the molecule is CC1=CCC(C)C1.CC1CC2(C1)CC(C)C2. The monoisotopic (exact) mass is 220 g/mol. The van der Waals surface area contributed by atoms with E-state index in [9.17, 15) is 0 Å². The van der Waals surface area contributed by atoms with Crippen molar-refractivity contribution in [3.63, 3.8) is 0 Å². The third-order valence-corrected chi connectivity index (χ3v) is 4.67. The van der Waals surface area contributed by atoms with Gasteiger partial charge in [-0.05, 0) is 68.6 Å². The van der Waals surface area contributed by atoms with Crippen LogP contribution in [-0.2, 0) is 0 Å². The molecule has 2 saturated carbocycles. The first-order chi connectivity index (χ1) is 7.49. The van der Waals surface area contributed by atoms with E-state index in [0.717, 1.165) is 23.2 Å². The van der Waals surface area contributed by atoms with Gasteiger partial charge in [-0.1, -0.05) is 32.4 Å². The third-order valence-electron chi connectivity index (χ3n) is 4.67. The van der Waals surface area contributed by atoms with E-state index in [1.54, 1.807) is 5.57 Å². The van der Waals surface area contributed by atoms with Crippen LogP contribution in [0.15, 0.2) is 11.6 Å². The Morgan fingerprint density at radius 3 is 1.62 bits per heavy atom. The molecule has 0 heterocycles. The van der Waals surface area contributed by atoms with Crippen molar-refractivity contribution in [2.24, 2.45) is 23.2 Å². The maximum Gasteiger partial charge on any atom is -0.0287 e. The molecule has 0 amide bonds. The van der Waals surface area contributed by atoms with Crippen LogP contribution in [-0.4, -0.2) is 0 Å². The zero-order valence-electron chi connectivity index (χ0n) is 11.6. The Hall–Kier alpha value is -0.260. The van der Waals surface area contributed by atoms with Gasteiger partial charge in [0.1, 0.15) is 0 Å². The lowest BCUT2D eigenvalue weighted by Crippen LogP contribution is -2.45. The van der Waals surface area contributed by atoms with Gasteiger partial charge in [0.25, 0.3) is 0 Å². The molecule has 0 saturated heterocycles. The van der Waals surface area contributed by atoms with Crippen molar-refractivity contribution in [1.82, 2.24) is 0 Å². The maximum atomic E-state index is 2.38. The first-order valence-electron chi connectivity index (χ1n) is 7.15. The molecule has 0 aliphatic heterocycles. The highest BCUT2D eigenvalue weighted by Crippen LogP contribution is 2.60. The Labute approximate surface area is 102 Å². The Balaban J connectivity index is 0.000000125. The fourth-order valence-corrected chi connectivity index (χ4v) is 4.29. The normalized spacial score (nSPS) is 45.2. The number of rotatable bonds is 0. The summed E-state index contributed by atoms with van der Waals surface area (Å²) in [4.78, 5) is 0. The molecule has 1 atom stereocenters. The Kier molecular flexibility index (Phi) is 3.47. The lowest BCUT2D eigenvalue weighted by atomic mass is 9.49. The molecule has 0 aromatic carbocycles. The average Bonchev–Trinajstić information content (AvgIpc) is 2.46. The standard InChI is InChI=1S/C9H16.C7H12/c1-7-3-9(4-7)5-8(2)6-9;1-6-3-4-7(2)5-6/h7-8H,3-6H2,1-2H3;3,7H,4-5H2,1-2H3. The first-order valence-corrected chi connectivity index (χ1v) is 7.15. The summed E-state index contributed by atoms with van der Waals surface area (Å²) in [5.74, 6) is 3.04. The quantitative estimate of drug-likeness (QED) is 0.492. The van der Waals surface area contributed by atoms with Crippen molar-refractivity contribution in [2.45, 2.75) is 66.2 Å². The summed E-state index contributed by atoms with van der Waals surface area (Å²) in [5.41, 5.74) is 2.46. The molecule has 1 unspecified atom stereocenters. The molecule has 0 heteroatoms. The van der Waals surface area contributed by atoms with Gasteiger partial charge in [0.05, 0.1) is 0 Å². The van der Waals surface area contributed by atoms with Crippen molar-refractivity contribution in [3.05, 3.63) is 11.6 Å². The molecular formula is C16H28. The lowest BCUT2D eigenvalue weighted by molar-refractivity contribution is -0.0549. The van der Waals surface area contributed by atoms with Gasteiger partial charge in [-0.2, -0.15) is 0 Å². The molecule has 1 spiro atoms. The lowest BCUT2D eigenvalue weighted by Gasteiger charge is -2.56. The smallest absolute Gasteiger partial charge is 0.0287 e. The van der Waals surface area contributed by atoms with Gasteiger partial charge >= 0.3 is 0 Å². The van der Waals surface area contributed by atoms with Crippen LogP contribution in [0.2, 0.25) is 0 Å². The molecule has 3 aliphatic carbocycles. The molecule has 0 radical (unpaired) electrons. The van der Waals surface area contributed by atoms with Crippen LogP contribution in [0.4, 0.5) is 0 Å². The van der Waals surface area contributed by atoms with Gasteiger partial charge in [0, 0.05) is 0 Å². The topological polar surface area (TPSA) is 0 Å². The Morgan fingerprint density at radius 2 is 1.44 bits per heavy atom. The van der Waals surface area contributed by atoms with Crippen molar-refractivity contribution in [1.29, 1.82) is 0 Å². The molecule has 0 bridgehead atoms. The van der Waals surface area contributed by atoms with Gasteiger partial charge in [-0.3, -0.25) is 0 Å². The van der Waals surface area contributed by atoms with Crippen LogP contribution in [0.1, 0.15) is 66.2 Å². The van der Waals surface area contributed by atoms with Crippen LogP contribution in [0.5, 0.6) is 0 Å². The molecule has 2 fully saturated rings. The van der Waals surface area contributed by atoms with Crippen LogP contribution in [0, 0.1) is 23.2 Å². The second kappa shape index (κ2) is 4.55. The minimum atomic E-state index is 0.888. The predicted octanol–water partition coefficient (Wildman–Crippen LogP) is 5.20. The molecular weight excluding hydrogens is 192 g/mol. The average molecular weight is 220 g/mol. The summed E-state index contributed by atoms with van der Waals surface area (Å²) in [6, 6.07) is 0. The zero-order valence-corrected chi connectivity index (χ0v) is 11.6. The van der Waals surface area contributed by atoms with Gasteiger partial charge in [0.15, 0.2) is 0 Å². The Morgan fingerprint density at radius 1 is 0.938 bits per heavy atom. The van der Waals surface area contributed by atoms with Crippen molar-refractivity contribution < 1.29 is 0 Å². The molecule has 0 aromatic heterocycles. The van der Waals surface area contributed by atoms with Crippen molar-refractivity contribution in [3.8, 4) is 0 Å². The molecule has 0 N–H and O–H groups in total. The largest absolute Gasteiger partial charge is 0.0853 e. The fraction of sp³-hybridized carbons (Fsp3) is 0.875. The zero-order chi connectivity index (χ0) is 11.8. The minimum Gasteiger partial charge on any atom is -0.0853 e. The molecule has 92 valence electrons. The van der Waals surface area contributed by atoms with E-state index in [-0.39, 0.29) is 0 Å². The highest BCUT2D eigenvalue weighted by molar-refractivity contribution is 5.05. The van der Waals surface area contributed by atoms with Gasteiger partial charge in [-0.15, -0.1) is 0 Å². The molecule has 0 aromatic rings. The van der Waals surface area contributed by atoms with Crippen molar-refractivity contribution >= 4 is 0 Å². The molecule has 0 nitrogen and oxygen atoms in total. The van der Waals surface area contributed by atoms with Crippen LogP contribution in [0.3, 0.4) is 0 Å². The second-order valence-electron chi connectivity index (χ2n) is 7.12. The van der Waals surface area contributed by atoms with Gasteiger partial charge < -0.3 is 0 Å². The van der Waals surface area contributed by atoms with Crippen molar-refractivity contribution in [2.75, 3.05) is 0 Å². The van der Waals surface area contributed by atoms with Crippen LogP contribution in [0.25, 0.3) is 0 Å². The number of hydrogen-bond acceptors (Lipinski definition) is 0. The number of hydrogen-bond donors (Lipinski definition) is 0. The van der Waals surface area contributed by atoms with E-state index < -0.39 is 0 Å². The number of allylic oxidation sites excluding steroid dienone is 2. The molecule has 3 aliphatic rings. The van der Waals surface area contributed by atoms with E-state index in [4.69, 9.17) is 0 Å². The van der Waals surface area contributed by atoms with E-state index in [1.807, 2.05) is 0 Å². The van der Waals surface area contributed by atoms with Crippen LogP contribution < -0.4 is 0 Å². The third kappa shape index (κ3) is 2.70. The summed E-state index contributed by atoms with van der Waals surface area (Å²) < 4.78 is 0. The summed E-state index contributed by atoms with van der Waals surface area (Å²) in [7, 11) is 0. The minimum absolute atomic E-state index is 0.888. The van der Waals surface area contributed by atoms with E-state index in [2.05, 4.69) is 33.8 Å². The predicted molar refractivity (Wildman–Crippen MR) is 71.4 cm³/mol. The van der Waals surface area contributed by atoms with E-state index in [1.165, 1.54) is 38.5 Å². The van der Waals surface area contributed by atoms with Gasteiger partial charge in [0.2, 0.25) is 0 Å². The fourth-order valence-electron chi connectivity index (χ4n) is 4.29. The maximum absolute atomic E-state index is 2.38. The molecule has 16 heavy (non-hydrogen) atoms.